The first kappa shape index (κ1) is 16.6. The Morgan fingerprint density at radius 3 is 2.79 bits per heavy atom. The molecule has 0 N–H and O–H groups in total. The second kappa shape index (κ2) is 7.55. The SMILES string of the molecule is O=C(/C=C\c1ccccc1[N+](=O)[O-])N1CCC[C@H](C2OCCO2)C1. The van der Waals surface area contributed by atoms with Crippen LogP contribution in [-0.4, -0.2) is 48.3 Å². The van der Waals surface area contributed by atoms with E-state index in [0.717, 1.165) is 12.8 Å². The fourth-order valence-electron chi connectivity index (χ4n) is 3.14. The van der Waals surface area contributed by atoms with Crippen molar-refractivity contribution in [1.29, 1.82) is 0 Å². The van der Waals surface area contributed by atoms with Crippen molar-refractivity contribution in [1.82, 2.24) is 4.90 Å². The van der Waals surface area contributed by atoms with Crippen molar-refractivity contribution < 1.29 is 19.2 Å². The van der Waals surface area contributed by atoms with E-state index in [2.05, 4.69) is 0 Å². The zero-order valence-electron chi connectivity index (χ0n) is 13.3. The van der Waals surface area contributed by atoms with Crippen molar-refractivity contribution in [2.45, 2.75) is 19.1 Å². The summed E-state index contributed by atoms with van der Waals surface area (Å²) in [4.78, 5) is 24.7. The van der Waals surface area contributed by atoms with Crippen LogP contribution in [0.15, 0.2) is 30.3 Å². The van der Waals surface area contributed by atoms with Gasteiger partial charge in [0.1, 0.15) is 0 Å². The van der Waals surface area contributed by atoms with Gasteiger partial charge in [-0.25, -0.2) is 0 Å². The lowest BCUT2D eigenvalue weighted by Gasteiger charge is -2.34. The number of carbonyl (C=O) groups excluding carboxylic acids is 1. The van der Waals surface area contributed by atoms with Gasteiger partial charge in [0, 0.05) is 31.1 Å². The number of nitro benzene ring substituents is 1. The lowest BCUT2D eigenvalue weighted by atomic mass is 9.97. The quantitative estimate of drug-likeness (QED) is 0.480. The summed E-state index contributed by atoms with van der Waals surface area (Å²) in [5, 5.41) is 11.0. The smallest absolute Gasteiger partial charge is 0.276 e. The highest BCUT2D eigenvalue weighted by molar-refractivity contribution is 5.92. The van der Waals surface area contributed by atoms with Crippen LogP contribution in [0.1, 0.15) is 18.4 Å². The Morgan fingerprint density at radius 1 is 1.29 bits per heavy atom. The molecule has 7 nitrogen and oxygen atoms in total. The number of nitrogens with zero attached hydrogens (tertiary/aromatic N) is 2. The molecule has 0 spiro atoms. The number of rotatable bonds is 4. The number of para-hydroxylation sites is 1. The summed E-state index contributed by atoms with van der Waals surface area (Å²) in [5.41, 5.74) is 0.415. The summed E-state index contributed by atoms with van der Waals surface area (Å²) in [6.45, 7) is 2.48. The molecule has 0 saturated carbocycles. The highest BCUT2D eigenvalue weighted by Gasteiger charge is 2.32. The summed E-state index contributed by atoms with van der Waals surface area (Å²) in [6, 6.07) is 6.37. The molecule has 24 heavy (non-hydrogen) atoms. The molecule has 1 amide bonds. The van der Waals surface area contributed by atoms with Crippen molar-refractivity contribution in [3.05, 3.63) is 46.0 Å². The van der Waals surface area contributed by atoms with E-state index in [0.29, 0.717) is 31.9 Å². The molecule has 128 valence electrons. The maximum Gasteiger partial charge on any atom is 0.276 e. The van der Waals surface area contributed by atoms with Crippen LogP contribution in [0.2, 0.25) is 0 Å². The average molecular weight is 332 g/mol. The molecule has 2 fully saturated rings. The number of benzene rings is 1. The lowest BCUT2D eigenvalue weighted by Crippen LogP contribution is -2.43. The van der Waals surface area contributed by atoms with Gasteiger partial charge >= 0.3 is 0 Å². The first-order chi connectivity index (χ1) is 11.6. The summed E-state index contributed by atoms with van der Waals surface area (Å²) in [5.74, 6) is 0.0421. The monoisotopic (exact) mass is 332 g/mol. The zero-order chi connectivity index (χ0) is 16.9. The summed E-state index contributed by atoms with van der Waals surface area (Å²) in [6.07, 6.45) is 4.56. The second-order valence-corrected chi connectivity index (χ2v) is 5.95. The average Bonchev–Trinajstić information content (AvgIpc) is 3.14. The summed E-state index contributed by atoms with van der Waals surface area (Å²) < 4.78 is 11.1. The van der Waals surface area contributed by atoms with Crippen LogP contribution in [0.25, 0.3) is 6.08 Å². The van der Waals surface area contributed by atoms with Gasteiger partial charge < -0.3 is 14.4 Å². The van der Waals surface area contributed by atoms with Gasteiger partial charge in [-0.2, -0.15) is 0 Å². The predicted octanol–water partition coefficient (Wildman–Crippen LogP) is 2.22. The minimum Gasteiger partial charge on any atom is -0.350 e. The van der Waals surface area contributed by atoms with E-state index >= 15 is 0 Å². The fourth-order valence-corrected chi connectivity index (χ4v) is 3.14. The van der Waals surface area contributed by atoms with Crippen molar-refractivity contribution in [2.24, 2.45) is 5.92 Å². The Balaban J connectivity index is 1.65. The lowest BCUT2D eigenvalue weighted by molar-refractivity contribution is -0.385. The van der Waals surface area contributed by atoms with E-state index in [1.807, 2.05) is 0 Å². The third-order valence-corrected chi connectivity index (χ3v) is 4.34. The highest BCUT2D eigenvalue weighted by atomic mass is 16.7. The molecule has 3 rings (SSSR count). The zero-order valence-corrected chi connectivity index (χ0v) is 13.3. The van der Waals surface area contributed by atoms with Crippen molar-refractivity contribution >= 4 is 17.7 Å². The third kappa shape index (κ3) is 3.80. The number of hydrogen-bond donors (Lipinski definition) is 0. The van der Waals surface area contributed by atoms with Crippen molar-refractivity contribution in [3.8, 4) is 0 Å². The van der Waals surface area contributed by atoms with E-state index in [1.165, 1.54) is 18.2 Å². The normalized spacial score (nSPS) is 22.2. The van der Waals surface area contributed by atoms with E-state index in [-0.39, 0.29) is 23.8 Å². The van der Waals surface area contributed by atoms with E-state index in [4.69, 9.17) is 9.47 Å². The van der Waals surface area contributed by atoms with Crippen LogP contribution in [0.3, 0.4) is 0 Å². The van der Waals surface area contributed by atoms with E-state index in [9.17, 15) is 14.9 Å². The molecule has 1 aromatic rings. The first-order valence-electron chi connectivity index (χ1n) is 8.09. The largest absolute Gasteiger partial charge is 0.350 e. The van der Waals surface area contributed by atoms with Crippen LogP contribution in [0.5, 0.6) is 0 Å². The number of likely N-dealkylation sites (tertiary alicyclic amines) is 1. The Labute approximate surface area is 140 Å². The molecular weight excluding hydrogens is 312 g/mol. The standard InChI is InChI=1S/C17H20N2O5/c20-16(8-7-13-4-1-2-6-15(13)19(21)22)18-9-3-5-14(12-18)17-23-10-11-24-17/h1-2,4,6-8,14,17H,3,5,9-12H2/b8-7-/t14-/m0/s1. The number of hydrogen-bond acceptors (Lipinski definition) is 5. The van der Waals surface area contributed by atoms with Gasteiger partial charge in [-0.15, -0.1) is 0 Å². The Hall–Kier alpha value is -2.25. The van der Waals surface area contributed by atoms with E-state index in [1.54, 1.807) is 23.1 Å². The first-order valence-corrected chi connectivity index (χ1v) is 8.09. The van der Waals surface area contributed by atoms with Crippen LogP contribution in [0, 0.1) is 16.0 Å². The minimum absolute atomic E-state index is 0.00849. The van der Waals surface area contributed by atoms with Gasteiger partial charge in [-0.3, -0.25) is 14.9 Å². The third-order valence-electron chi connectivity index (χ3n) is 4.34. The molecule has 2 heterocycles. The number of carbonyl (C=O) groups is 1. The van der Waals surface area contributed by atoms with Gasteiger partial charge in [-0.05, 0) is 25.0 Å². The Kier molecular flexibility index (Phi) is 5.22. The van der Waals surface area contributed by atoms with E-state index < -0.39 is 4.92 Å². The molecule has 0 radical (unpaired) electrons. The van der Waals surface area contributed by atoms with Crippen molar-refractivity contribution in [2.75, 3.05) is 26.3 Å². The molecular formula is C17H20N2O5. The number of ether oxygens (including phenoxy) is 2. The maximum absolute atomic E-state index is 12.4. The molecule has 2 saturated heterocycles. The molecule has 2 aliphatic rings. The Bertz CT molecular complexity index is 640. The highest BCUT2D eigenvalue weighted by Crippen LogP contribution is 2.25. The molecule has 0 bridgehead atoms. The maximum atomic E-state index is 12.4. The molecule has 1 aromatic carbocycles. The molecule has 0 aromatic heterocycles. The van der Waals surface area contributed by atoms with Gasteiger partial charge in [0.25, 0.3) is 5.69 Å². The topological polar surface area (TPSA) is 81.9 Å². The van der Waals surface area contributed by atoms with Gasteiger partial charge in [0.2, 0.25) is 5.91 Å². The number of piperidine rings is 1. The van der Waals surface area contributed by atoms with Crippen LogP contribution in [0.4, 0.5) is 5.69 Å². The molecule has 0 aliphatic carbocycles. The molecule has 2 aliphatic heterocycles. The minimum atomic E-state index is -0.449. The van der Waals surface area contributed by atoms with Gasteiger partial charge in [0.05, 0.1) is 23.7 Å². The second-order valence-electron chi connectivity index (χ2n) is 5.95. The number of nitro groups is 1. The Morgan fingerprint density at radius 2 is 2.04 bits per heavy atom. The van der Waals surface area contributed by atoms with Crippen LogP contribution in [-0.2, 0) is 14.3 Å². The van der Waals surface area contributed by atoms with Gasteiger partial charge in [0.15, 0.2) is 6.29 Å². The molecule has 1 atom stereocenters. The summed E-state index contributed by atoms with van der Waals surface area (Å²) in [7, 11) is 0. The van der Waals surface area contributed by atoms with Gasteiger partial charge in [-0.1, -0.05) is 12.1 Å². The fraction of sp³-hybridized carbons (Fsp3) is 0.471. The number of amides is 1. The summed E-state index contributed by atoms with van der Waals surface area (Å²) >= 11 is 0. The van der Waals surface area contributed by atoms with Crippen LogP contribution >= 0.6 is 0 Å². The molecule has 7 heteroatoms. The predicted molar refractivity (Wildman–Crippen MR) is 87.1 cm³/mol. The van der Waals surface area contributed by atoms with Crippen molar-refractivity contribution in [3.63, 3.8) is 0 Å². The molecule has 0 unspecified atom stereocenters. The van der Waals surface area contributed by atoms with Crippen LogP contribution < -0.4 is 0 Å².